The number of hydrogen-bond donors (Lipinski definition) is 0. The van der Waals surface area contributed by atoms with E-state index in [1.165, 1.54) is 0 Å². The summed E-state index contributed by atoms with van der Waals surface area (Å²) in [5, 5.41) is 0.849. The molecule has 89 valence electrons. The molecule has 4 fully saturated rings. The molecule has 1 radical (unpaired) electrons. The van der Waals surface area contributed by atoms with Gasteiger partial charge in [0.15, 0.2) is 0 Å². The second-order valence-electron chi connectivity index (χ2n) is 7.15. The summed E-state index contributed by atoms with van der Waals surface area (Å²) in [5.74, 6) is 3.42. The summed E-state index contributed by atoms with van der Waals surface area (Å²) in [6.07, 6.45) is 9.61. The van der Waals surface area contributed by atoms with Crippen LogP contribution in [0.1, 0.15) is 38.5 Å². The minimum atomic E-state index is -0.615. The Bertz CT molecular complexity index is 218. The smallest absolute Gasteiger partial charge is 0.0127 e. The molecule has 0 nitrogen and oxygen atoms in total. The Kier molecular flexibility index (Phi) is 2.93. The van der Waals surface area contributed by atoms with Crippen molar-refractivity contribution in [3.05, 3.63) is 0 Å². The monoisotopic (exact) mass is 247 g/mol. The molecular weight excluding hydrogens is 223 g/mol. The SMILES string of the molecule is C[P](C)(C)C12CC3CC(CC(C3)C1)C2.Cl. The van der Waals surface area contributed by atoms with Gasteiger partial charge in [0.1, 0.15) is 0 Å². The topological polar surface area (TPSA) is 0 Å². The highest BCUT2D eigenvalue weighted by Crippen LogP contribution is 2.73. The summed E-state index contributed by atoms with van der Waals surface area (Å²) in [6, 6.07) is 0. The molecule has 4 rings (SSSR count). The molecule has 0 heterocycles. The van der Waals surface area contributed by atoms with Gasteiger partial charge in [-0.05, 0) is 81.4 Å². The average Bonchev–Trinajstić information content (AvgIpc) is 1.98. The van der Waals surface area contributed by atoms with Gasteiger partial charge in [0, 0.05) is 0 Å². The van der Waals surface area contributed by atoms with Crippen molar-refractivity contribution in [3.63, 3.8) is 0 Å². The van der Waals surface area contributed by atoms with E-state index in [9.17, 15) is 0 Å². The fraction of sp³-hybridized carbons (Fsp3) is 1.00. The molecule has 15 heavy (non-hydrogen) atoms. The van der Waals surface area contributed by atoms with Crippen LogP contribution in [0, 0.1) is 17.8 Å². The Balaban J connectivity index is 0.000000853. The van der Waals surface area contributed by atoms with E-state index in [4.69, 9.17) is 0 Å². The zero-order valence-electron chi connectivity index (χ0n) is 10.3. The van der Waals surface area contributed by atoms with E-state index in [1.807, 2.05) is 0 Å². The summed E-state index contributed by atoms with van der Waals surface area (Å²) in [6.45, 7) is 7.79. The molecule has 4 bridgehead atoms. The van der Waals surface area contributed by atoms with Crippen molar-refractivity contribution >= 4 is 19.7 Å². The van der Waals surface area contributed by atoms with Gasteiger partial charge in [-0.3, -0.25) is 0 Å². The van der Waals surface area contributed by atoms with Gasteiger partial charge in [-0.1, -0.05) is 0 Å². The van der Waals surface area contributed by atoms with E-state index in [0.717, 1.165) is 22.9 Å². The first-order valence-electron chi connectivity index (χ1n) is 6.30. The molecule has 0 aliphatic heterocycles. The Hall–Kier alpha value is 0.720. The Morgan fingerprint density at radius 1 is 0.800 bits per heavy atom. The van der Waals surface area contributed by atoms with Gasteiger partial charge in [-0.2, -0.15) is 0 Å². The van der Waals surface area contributed by atoms with E-state index in [-0.39, 0.29) is 12.4 Å². The largest absolute Gasteiger partial charge is 0.147 e. The van der Waals surface area contributed by atoms with Gasteiger partial charge in [-0.25, -0.2) is 0 Å². The average molecular weight is 248 g/mol. The van der Waals surface area contributed by atoms with Gasteiger partial charge in [0.05, 0.1) is 0 Å². The molecule has 0 aromatic heterocycles. The lowest BCUT2D eigenvalue weighted by molar-refractivity contribution is 0.0348. The van der Waals surface area contributed by atoms with E-state index in [0.29, 0.717) is 0 Å². The number of hydrogen-bond acceptors (Lipinski definition) is 0. The fourth-order valence-electron chi connectivity index (χ4n) is 4.89. The molecule has 0 saturated heterocycles. The summed E-state index contributed by atoms with van der Waals surface area (Å²) in [4.78, 5) is 0. The zero-order chi connectivity index (χ0) is 9.97. The molecule has 4 aliphatic carbocycles. The third-order valence-corrected chi connectivity index (χ3v) is 8.82. The first-order valence-corrected chi connectivity index (χ1v) is 9.43. The molecule has 0 spiro atoms. The van der Waals surface area contributed by atoms with Crippen molar-refractivity contribution in [1.29, 1.82) is 0 Å². The van der Waals surface area contributed by atoms with Crippen LogP contribution in [0.5, 0.6) is 0 Å². The first-order chi connectivity index (χ1) is 6.48. The standard InChI is InChI=1S/C13H24P.ClH/c1-14(2,3)13-7-10-4-11(8-13)6-12(5-10)9-13;/h10-12H,4-9H2,1-3H3;1H. The first kappa shape index (κ1) is 12.2. The minimum Gasteiger partial charge on any atom is -0.147 e. The van der Waals surface area contributed by atoms with Crippen molar-refractivity contribution in [2.45, 2.75) is 43.7 Å². The molecule has 0 aromatic rings. The van der Waals surface area contributed by atoms with E-state index >= 15 is 0 Å². The lowest BCUT2D eigenvalue weighted by atomic mass is 9.56. The third kappa shape index (κ3) is 1.77. The van der Waals surface area contributed by atoms with Crippen LogP contribution in [0.2, 0.25) is 0 Å². The normalized spacial score (nSPS) is 47.8. The van der Waals surface area contributed by atoms with E-state index < -0.39 is 7.26 Å². The Labute approximate surface area is 101 Å². The van der Waals surface area contributed by atoms with Crippen LogP contribution < -0.4 is 0 Å². The van der Waals surface area contributed by atoms with E-state index in [1.54, 1.807) is 38.5 Å². The molecule has 0 amide bonds. The fourth-order valence-corrected chi connectivity index (χ4v) is 7.30. The third-order valence-electron chi connectivity index (χ3n) is 5.43. The van der Waals surface area contributed by atoms with Gasteiger partial charge < -0.3 is 0 Å². The molecular formula is C13H25ClP. The minimum absolute atomic E-state index is 0. The molecule has 4 aliphatic rings. The van der Waals surface area contributed by atoms with Crippen molar-refractivity contribution in [2.75, 3.05) is 20.0 Å². The molecule has 0 unspecified atom stereocenters. The van der Waals surface area contributed by atoms with Gasteiger partial charge in [0.25, 0.3) is 0 Å². The van der Waals surface area contributed by atoms with Gasteiger partial charge >= 0.3 is 0 Å². The van der Waals surface area contributed by atoms with Gasteiger partial charge in [-0.15, -0.1) is 19.7 Å². The lowest BCUT2D eigenvalue weighted by Crippen LogP contribution is -2.51. The maximum Gasteiger partial charge on any atom is -0.0127 e. The maximum atomic E-state index is 2.60. The highest BCUT2D eigenvalue weighted by molar-refractivity contribution is 7.75. The predicted molar refractivity (Wildman–Crippen MR) is 72.8 cm³/mol. The summed E-state index contributed by atoms with van der Waals surface area (Å²) in [7, 11) is -0.615. The molecule has 2 heteroatoms. The predicted octanol–water partition coefficient (Wildman–Crippen LogP) is 4.28. The van der Waals surface area contributed by atoms with Crippen molar-refractivity contribution < 1.29 is 0 Å². The lowest BCUT2D eigenvalue weighted by Gasteiger charge is -2.62. The van der Waals surface area contributed by atoms with Gasteiger partial charge in [0.2, 0.25) is 0 Å². The van der Waals surface area contributed by atoms with Crippen LogP contribution in [-0.2, 0) is 0 Å². The quantitative estimate of drug-likeness (QED) is 0.607. The van der Waals surface area contributed by atoms with Crippen molar-refractivity contribution in [1.82, 2.24) is 0 Å². The van der Waals surface area contributed by atoms with Crippen LogP contribution in [0.3, 0.4) is 0 Å². The molecule has 0 N–H and O–H groups in total. The maximum absolute atomic E-state index is 2.60. The molecule has 4 saturated carbocycles. The number of halogens is 1. The summed E-state index contributed by atoms with van der Waals surface area (Å²) in [5.41, 5.74) is 0. The molecule has 0 atom stereocenters. The second-order valence-corrected chi connectivity index (χ2v) is 12.1. The van der Waals surface area contributed by atoms with E-state index in [2.05, 4.69) is 20.0 Å². The van der Waals surface area contributed by atoms with Crippen LogP contribution in [0.15, 0.2) is 0 Å². The highest BCUT2D eigenvalue weighted by Gasteiger charge is 2.54. The summed E-state index contributed by atoms with van der Waals surface area (Å²) >= 11 is 0. The Morgan fingerprint density at radius 2 is 1.13 bits per heavy atom. The summed E-state index contributed by atoms with van der Waals surface area (Å²) < 4.78 is 0. The highest BCUT2D eigenvalue weighted by atomic mass is 35.5. The number of rotatable bonds is 1. The zero-order valence-corrected chi connectivity index (χ0v) is 12.0. The second kappa shape index (κ2) is 3.61. The molecule has 0 aromatic carbocycles. The van der Waals surface area contributed by atoms with Crippen LogP contribution in [0.4, 0.5) is 0 Å². The van der Waals surface area contributed by atoms with Crippen LogP contribution in [0.25, 0.3) is 0 Å². The van der Waals surface area contributed by atoms with Crippen molar-refractivity contribution in [2.24, 2.45) is 17.8 Å². The van der Waals surface area contributed by atoms with Crippen LogP contribution >= 0.6 is 19.7 Å². The van der Waals surface area contributed by atoms with Crippen molar-refractivity contribution in [3.8, 4) is 0 Å². The Morgan fingerprint density at radius 3 is 1.40 bits per heavy atom. The van der Waals surface area contributed by atoms with Crippen LogP contribution in [-0.4, -0.2) is 25.2 Å².